The van der Waals surface area contributed by atoms with Crippen LogP contribution in [0.25, 0.3) is 0 Å². The number of aryl methyl sites for hydroxylation is 3. The van der Waals surface area contributed by atoms with Crippen LogP contribution in [0.3, 0.4) is 0 Å². The maximum atomic E-state index is 12.8. The monoisotopic (exact) mass is 520 g/mol. The van der Waals surface area contributed by atoms with Crippen molar-refractivity contribution in [2.24, 2.45) is 0 Å². The third-order valence-electron chi connectivity index (χ3n) is 6.19. The van der Waals surface area contributed by atoms with E-state index in [9.17, 15) is 22.8 Å². The Bertz CT molecular complexity index is 1240. The molecule has 1 unspecified atom stereocenters. The molecule has 0 saturated heterocycles. The van der Waals surface area contributed by atoms with Gasteiger partial charge in [-0.2, -0.15) is 18.3 Å². The zero-order valence-electron chi connectivity index (χ0n) is 20.0. The van der Waals surface area contributed by atoms with Gasteiger partial charge in [0.05, 0.1) is 5.01 Å². The number of hydrogen-bond donors (Lipinski definition) is 0. The normalized spacial score (nSPS) is 15.4. The van der Waals surface area contributed by atoms with E-state index in [1.165, 1.54) is 28.7 Å². The third kappa shape index (κ3) is 6.13. The Balaban J connectivity index is 1.25. The molecule has 2 aromatic heterocycles. The van der Waals surface area contributed by atoms with Crippen LogP contribution in [0.1, 0.15) is 63.4 Å². The molecule has 1 aromatic carbocycles. The second-order valence-corrected chi connectivity index (χ2v) is 9.80. The number of nitrogens with zero attached hydrogens (tertiary/aromatic N) is 4. The van der Waals surface area contributed by atoms with Gasteiger partial charge in [-0.05, 0) is 49.8 Å². The first kappa shape index (κ1) is 25.9. The van der Waals surface area contributed by atoms with Crippen molar-refractivity contribution in [3.05, 3.63) is 68.9 Å². The Morgan fingerprint density at radius 2 is 2.06 bits per heavy atom. The van der Waals surface area contributed by atoms with Crippen molar-refractivity contribution < 1.29 is 27.5 Å². The molecule has 11 heteroatoms. The lowest BCUT2D eigenvalue weighted by molar-refractivity contribution is -0.142. The van der Waals surface area contributed by atoms with Gasteiger partial charge in [0.15, 0.2) is 11.4 Å². The van der Waals surface area contributed by atoms with Crippen molar-refractivity contribution in [1.82, 2.24) is 19.7 Å². The fourth-order valence-electron chi connectivity index (χ4n) is 4.19. The van der Waals surface area contributed by atoms with Crippen LogP contribution in [0.2, 0.25) is 0 Å². The number of thiazole rings is 1. The van der Waals surface area contributed by atoms with Gasteiger partial charge in [-0.3, -0.25) is 9.48 Å². The highest BCUT2D eigenvalue weighted by Gasteiger charge is 2.34. The number of ether oxygens (including phenoxy) is 1. The highest BCUT2D eigenvalue weighted by molar-refractivity contribution is 7.09. The van der Waals surface area contributed by atoms with E-state index in [1.807, 2.05) is 18.2 Å². The average molecular weight is 521 g/mol. The second kappa shape index (κ2) is 10.8. The zero-order valence-corrected chi connectivity index (χ0v) is 20.9. The summed E-state index contributed by atoms with van der Waals surface area (Å²) < 4.78 is 45.3. The second-order valence-electron chi connectivity index (χ2n) is 8.86. The molecular weight excluding hydrogens is 493 g/mol. The number of rotatable bonds is 8. The smallest absolute Gasteiger partial charge is 0.435 e. The topological polar surface area (TPSA) is 77.3 Å². The Kier molecular flexibility index (Phi) is 7.77. The van der Waals surface area contributed by atoms with Gasteiger partial charge in [0.25, 0.3) is 0 Å². The molecule has 0 aliphatic heterocycles. The minimum atomic E-state index is -4.55. The largest absolute Gasteiger partial charge is 0.453 e. The molecule has 4 rings (SSSR count). The number of alkyl halides is 3. The van der Waals surface area contributed by atoms with Crippen molar-refractivity contribution in [1.29, 1.82) is 0 Å². The quantitative estimate of drug-likeness (QED) is 0.391. The molecule has 0 fully saturated rings. The van der Waals surface area contributed by atoms with E-state index in [4.69, 9.17) is 4.74 Å². The molecule has 7 nitrogen and oxygen atoms in total. The van der Waals surface area contributed by atoms with Crippen LogP contribution in [0.5, 0.6) is 0 Å². The van der Waals surface area contributed by atoms with Crippen LogP contribution in [-0.2, 0) is 35.1 Å². The van der Waals surface area contributed by atoms with Gasteiger partial charge in [-0.25, -0.2) is 9.78 Å². The van der Waals surface area contributed by atoms with E-state index in [-0.39, 0.29) is 29.9 Å². The van der Waals surface area contributed by atoms with E-state index < -0.39 is 17.8 Å². The highest BCUT2D eigenvalue weighted by Crippen LogP contribution is 2.33. The molecule has 36 heavy (non-hydrogen) atoms. The number of aromatic nitrogens is 3. The van der Waals surface area contributed by atoms with Crippen molar-refractivity contribution in [3.8, 4) is 0 Å². The number of halogens is 3. The predicted molar refractivity (Wildman–Crippen MR) is 128 cm³/mol. The van der Waals surface area contributed by atoms with Crippen LogP contribution in [-0.4, -0.2) is 45.1 Å². The van der Waals surface area contributed by atoms with Crippen molar-refractivity contribution in [3.63, 3.8) is 0 Å². The Morgan fingerprint density at radius 1 is 1.28 bits per heavy atom. The average Bonchev–Trinajstić information content (AvgIpc) is 3.46. The van der Waals surface area contributed by atoms with Crippen LogP contribution < -0.4 is 0 Å². The van der Waals surface area contributed by atoms with Gasteiger partial charge in [-0.15, -0.1) is 11.3 Å². The first-order valence-corrected chi connectivity index (χ1v) is 12.6. The van der Waals surface area contributed by atoms with E-state index in [2.05, 4.69) is 16.1 Å². The molecule has 0 spiro atoms. The summed E-state index contributed by atoms with van der Waals surface area (Å²) in [7, 11) is 1.60. The standard InChI is InChI=1S/C25H27F3N4O3S/c1-16-13-21(25(26,27)28)30-32(16)14-23(33)31(2)12-6-11-22-29-19(15-36-22)24(34)35-20-10-5-8-17-7-3-4-9-18(17)20/h3-4,7,9,13,15,20H,5-6,8,10-12,14H2,1-2H3. The Morgan fingerprint density at radius 3 is 2.81 bits per heavy atom. The van der Waals surface area contributed by atoms with E-state index in [1.54, 1.807) is 12.4 Å². The van der Waals surface area contributed by atoms with Gasteiger partial charge >= 0.3 is 12.1 Å². The molecular formula is C25H27F3N4O3S. The number of esters is 1. The third-order valence-corrected chi connectivity index (χ3v) is 7.10. The van der Waals surface area contributed by atoms with Gasteiger partial charge in [-0.1, -0.05) is 24.3 Å². The predicted octanol–water partition coefficient (Wildman–Crippen LogP) is 4.99. The zero-order chi connectivity index (χ0) is 25.9. The molecule has 2 heterocycles. The number of carbonyl (C=O) groups is 2. The van der Waals surface area contributed by atoms with E-state index in [0.29, 0.717) is 19.4 Å². The molecule has 1 atom stereocenters. The number of likely N-dealkylation sites (N-methyl/N-ethyl adjacent to an activating group) is 1. The van der Waals surface area contributed by atoms with Crippen LogP contribution in [0, 0.1) is 6.92 Å². The minimum Gasteiger partial charge on any atom is -0.453 e. The Hall–Kier alpha value is -3.21. The number of amides is 1. The van der Waals surface area contributed by atoms with E-state index >= 15 is 0 Å². The molecule has 0 N–H and O–H groups in total. The molecule has 1 amide bonds. The van der Waals surface area contributed by atoms with Gasteiger partial charge < -0.3 is 9.64 Å². The van der Waals surface area contributed by atoms with Crippen molar-refractivity contribution >= 4 is 23.2 Å². The van der Waals surface area contributed by atoms with Crippen LogP contribution in [0.15, 0.2) is 35.7 Å². The number of hydrogen-bond acceptors (Lipinski definition) is 6. The molecule has 0 bridgehead atoms. The number of fused-ring (bicyclic) bond motifs is 1. The summed E-state index contributed by atoms with van der Waals surface area (Å²) in [5, 5.41) is 5.93. The van der Waals surface area contributed by atoms with Gasteiger partial charge in [0, 0.05) is 31.1 Å². The molecule has 192 valence electrons. The minimum absolute atomic E-state index is 0.266. The lowest BCUT2D eigenvalue weighted by Crippen LogP contribution is -2.32. The van der Waals surface area contributed by atoms with Gasteiger partial charge in [0.2, 0.25) is 5.91 Å². The fraction of sp³-hybridized carbons (Fsp3) is 0.440. The molecule has 3 aromatic rings. The maximum Gasteiger partial charge on any atom is 0.435 e. The van der Waals surface area contributed by atoms with Crippen molar-refractivity contribution in [2.75, 3.05) is 13.6 Å². The van der Waals surface area contributed by atoms with Crippen molar-refractivity contribution in [2.45, 2.75) is 57.9 Å². The first-order valence-electron chi connectivity index (χ1n) is 11.7. The lowest BCUT2D eigenvalue weighted by atomic mass is 9.89. The summed E-state index contributed by atoms with van der Waals surface area (Å²) in [6, 6.07) is 8.92. The van der Waals surface area contributed by atoms with Gasteiger partial charge in [0.1, 0.15) is 12.6 Å². The summed E-state index contributed by atoms with van der Waals surface area (Å²) >= 11 is 1.36. The molecule has 1 aliphatic rings. The molecule has 0 radical (unpaired) electrons. The summed E-state index contributed by atoms with van der Waals surface area (Å²) in [6.07, 6.45) is -0.934. The van der Waals surface area contributed by atoms with E-state index in [0.717, 1.165) is 40.6 Å². The summed E-state index contributed by atoms with van der Waals surface area (Å²) in [4.78, 5) is 31.0. The fourth-order valence-corrected chi connectivity index (χ4v) is 5.00. The summed E-state index contributed by atoms with van der Waals surface area (Å²) in [5.41, 5.74) is 1.80. The maximum absolute atomic E-state index is 12.8. The Labute approximate surface area is 210 Å². The number of benzene rings is 1. The SMILES string of the molecule is Cc1cc(C(F)(F)F)nn1CC(=O)N(C)CCCc1nc(C(=O)OC2CCCc3ccccc32)cs1. The lowest BCUT2D eigenvalue weighted by Gasteiger charge is -2.25. The summed E-state index contributed by atoms with van der Waals surface area (Å²) in [5.74, 6) is -0.787. The molecule has 1 aliphatic carbocycles. The van der Waals surface area contributed by atoms with Crippen LogP contribution in [0.4, 0.5) is 13.2 Å². The first-order chi connectivity index (χ1) is 17.1. The van der Waals surface area contributed by atoms with Crippen LogP contribution >= 0.6 is 11.3 Å². The highest BCUT2D eigenvalue weighted by atomic mass is 32.1. The molecule has 0 saturated carbocycles. The number of carbonyl (C=O) groups excluding carboxylic acids is 2. The summed E-state index contributed by atoms with van der Waals surface area (Å²) in [6.45, 7) is 1.60.